The number of nitrogens with one attached hydrogen (secondary N) is 1. The second-order valence-electron chi connectivity index (χ2n) is 4.41. The number of carbonyl (C=O) groups excluding carboxylic acids is 1. The highest BCUT2D eigenvalue weighted by Crippen LogP contribution is 2.23. The van der Waals surface area contributed by atoms with Crippen molar-refractivity contribution in [2.45, 2.75) is 12.5 Å². The van der Waals surface area contributed by atoms with Crippen LogP contribution in [0.15, 0.2) is 40.2 Å². The molecule has 4 N–H and O–H groups in total. The Morgan fingerprint density at radius 2 is 2.14 bits per heavy atom. The fourth-order valence-corrected chi connectivity index (χ4v) is 3.16. The van der Waals surface area contributed by atoms with Gasteiger partial charge in [-0.15, -0.1) is 11.3 Å². The van der Waals surface area contributed by atoms with E-state index in [1.165, 1.54) is 11.3 Å². The van der Waals surface area contributed by atoms with E-state index in [0.717, 1.165) is 4.88 Å². The van der Waals surface area contributed by atoms with E-state index < -0.39 is 12.0 Å². The number of aliphatic carboxylic acids is 1. The molecule has 0 radical (unpaired) electrons. The van der Waals surface area contributed by atoms with E-state index in [1.54, 1.807) is 24.3 Å². The van der Waals surface area contributed by atoms with Gasteiger partial charge in [0.05, 0.1) is 12.5 Å². The molecule has 1 atom stereocenters. The highest BCUT2D eigenvalue weighted by Gasteiger charge is 2.20. The van der Waals surface area contributed by atoms with Gasteiger partial charge < -0.3 is 16.2 Å². The molecule has 7 heteroatoms. The number of amides is 1. The minimum Gasteiger partial charge on any atom is -0.481 e. The Balaban J connectivity index is 2.19. The molecule has 1 unspecified atom stereocenters. The summed E-state index contributed by atoms with van der Waals surface area (Å²) in [7, 11) is 0. The molecule has 0 saturated heterocycles. The Bertz CT molecular complexity index is 638. The zero-order valence-corrected chi connectivity index (χ0v) is 13.3. The topological polar surface area (TPSA) is 92.4 Å². The highest BCUT2D eigenvalue weighted by atomic mass is 79.9. The molecule has 2 aromatic rings. The molecule has 0 saturated carbocycles. The van der Waals surface area contributed by atoms with Gasteiger partial charge in [-0.3, -0.25) is 9.59 Å². The first-order valence-electron chi connectivity index (χ1n) is 6.08. The summed E-state index contributed by atoms with van der Waals surface area (Å²) in [6.07, 6.45) is -0.171. The van der Waals surface area contributed by atoms with Crippen molar-refractivity contribution in [3.8, 4) is 0 Å². The van der Waals surface area contributed by atoms with Gasteiger partial charge in [0.2, 0.25) is 0 Å². The summed E-state index contributed by atoms with van der Waals surface area (Å²) < 4.78 is 0.693. The van der Waals surface area contributed by atoms with E-state index >= 15 is 0 Å². The molecule has 21 heavy (non-hydrogen) atoms. The number of hydrogen-bond acceptors (Lipinski definition) is 4. The van der Waals surface area contributed by atoms with Gasteiger partial charge in [0.1, 0.15) is 0 Å². The normalized spacial score (nSPS) is 11.9. The molecule has 110 valence electrons. The third-order valence-electron chi connectivity index (χ3n) is 2.75. The minimum absolute atomic E-state index is 0.171. The first-order chi connectivity index (χ1) is 9.95. The summed E-state index contributed by atoms with van der Waals surface area (Å²) >= 11 is 4.68. The van der Waals surface area contributed by atoms with Crippen LogP contribution < -0.4 is 11.1 Å². The third-order valence-corrected chi connectivity index (χ3v) is 4.20. The van der Waals surface area contributed by atoms with Crippen molar-refractivity contribution in [1.82, 2.24) is 5.32 Å². The van der Waals surface area contributed by atoms with Crippen LogP contribution in [0.25, 0.3) is 0 Å². The van der Waals surface area contributed by atoms with Gasteiger partial charge in [-0.1, -0.05) is 22.0 Å². The maximum absolute atomic E-state index is 12.3. The number of rotatable bonds is 5. The number of nitrogen functional groups attached to an aromatic ring is 1. The van der Waals surface area contributed by atoms with E-state index in [4.69, 9.17) is 10.8 Å². The Morgan fingerprint density at radius 1 is 1.38 bits per heavy atom. The van der Waals surface area contributed by atoms with Gasteiger partial charge in [0.25, 0.3) is 5.91 Å². The van der Waals surface area contributed by atoms with Gasteiger partial charge in [-0.2, -0.15) is 0 Å². The van der Waals surface area contributed by atoms with Crippen LogP contribution in [0.2, 0.25) is 0 Å². The monoisotopic (exact) mass is 368 g/mol. The van der Waals surface area contributed by atoms with E-state index in [-0.39, 0.29) is 12.3 Å². The summed E-state index contributed by atoms with van der Waals surface area (Å²) in [5, 5.41) is 13.6. The van der Waals surface area contributed by atoms with Crippen molar-refractivity contribution < 1.29 is 14.7 Å². The number of hydrogen-bond donors (Lipinski definition) is 3. The lowest BCUT2D eigenvalue weighted by molar-refractivity contribution is -0.137. The summed E-state index contributed by atoms with van der Waals surface area (Å²) in [6.45, 7) is 0. The lowest BCUT2D eigenvalue weighted by atomic mass is 10.1. The van der Waals surface area contributed by atoms with Crippen molar-refractivity contribution >= 4 is 44.8 Å². The third kappa shape index (κ3) is 4.30. The molecule has 0 aliphatic heterocycles. The average Bonchev–Trinajstić information content (AvgIpc) is 2.89. The van der Waals surface area contributed by atoms with Crippen molar-refractivity contribution in [3.05, 3.63) is 50.6 Å². The van der Waals surface area contributed by atoms with Gasteiger partial charge in [-0.25, -0.2) is 0 Å². The Kier molecular flexibility index (Phi) is 4.98. The first kappa shape index (κ1) is 15.5. The van der Waals surface area contributed by atoms with E-state index in [2.05, 4.69) is 21.2 Å². The van der Waals surface area contributed by atoms with Crippen LogP contribution >= 0.6 is 27.3 Å². The molecule has 2 rings (SSSR count). The standard InChI is InChI=1S/C14H13BrN2O3S/c15-9-4-8(5-10(16)6-9)14(20)17-11(7-13(18)19)12-2-1-3-21-12/h1-6,11H,7,16H2,(H,17,20)(H,18,19). The maximum atomic E-state index is 12.3. The molecular weight excluding hydrogens is 356 g/mol. The van der Waals surface area contributed by atoms with E-state index in [0.29, 0.717) is 15.7 Å². The van der Waals surface area contributed by atoms with Gasteiger partial charge >= 0.3 is 5.97 Å². The van der Waals surface area contributed by atoms with E-state index in [1.807, 2.05) is 11.4 Å². The van der Waals surface area contributed by atoms with Crippen molar-refractivity contribution in [1.29, 1.82) is 0 Å². The summed E-state index contributed by atoms with van der Waals surface area (Å²) in [6, 6.07) is 7.93. The Labute approximate surface area is 133 Å². The molecule has 0 aliphatic rings. The molecular formula is C14H13BrN2O3S. The molecule has 0 aliphatic carbocycles. The zero-order chi connectivity index (χ0) is 15.4. The lowest BCUT2D eigenvalue weighted by Gasteiger charge is -2.16. The fraction of sp³-hybridized carbons (Fsp3) is 0.143. The number of anilines is 1. The average molecular weight is 369 g/mol. The zero-order valence-electron chi connectivity index (χ0n) is 10.9. The van der Waals surface area contributed by atoms with Crippen LogP contribution in [0.5, 0.6) is 0 Å². The maximum Gasteiger partial charge on any atom is 0.305 e. The smallest absolute Gasteiger partial charge is 0.305 e. The number of carboxylic acids is 1. The molecule has 5 nitrogen and oxygen atoms in total. The van der Waals surface area contributed by atoms with Crippen LogP contribution in [0.1, 0.15) is 27.7 Å². The van der Waals surface area contributed by atoms with E-state index in [9.17, 15) is 9.59 Å². The SMILES string of the molecule is Nc1cc(Br)cc(C(=O)NC(CC(=O)O)c2cccs2)c1. The number of benzene rings is 1. The van der Waals surface area contributed by atoms with Crippen molar-refractivity contribution in [2.24, 2.45) is 0 Å². The minimum atomic E-state index is -0.970. The van der Waals surface area contributed by atoms with Crippen LogP contribution in [0.3, 0.4) is 0 Å². The quantitative estimate of drug-likeness (QED) is 0.707. The highest BCUT2D eigenvalue weighted by molar-refractivity contribution is 9.10. The molecule has 0 fully saturated rings. The molecule has 0 bridgehead atoms. The second-order valence-corrected chi connectivity index (χ2v) is 6.31. The molecule has 1 aromatic heterocycles. The van der Waals surface area contributed by atoms with Crippen LogP contribution in [-0.4, -0.2) is 17.0 Å². The molecule has 0 spiro atoms. The fourth-order valence-electron chi connectivity index (χ4n) is 1.87. The number of carboxylic acid groups (broad SMARTS) is 1. The number of thiophene rings is 1. The van der Waals surface area contributed by atoms with Gasteiger partial charge in [0, 0.05) is 20.6 Å². The lowest BCUT2D eigenvalue weighted by Crippen LogP contribution is -2.29. The number of halogens is 1. The number of carbonyl (C=O) groups is 2. The number of nitrogens with two attached hydrogens (primary N) is 1. The second kappa shape index (κ2) is 6.73. The first-order valence-corrected chi connectivity index (χ1v) is 7.75. The predicted octanol–water partition coefficient (Wildman–Crippen LogP) is 3.04. The van der Waals surface area contributed by atoms with Crippen LogP contribution in [0, 0.1) is 0 Å². The van der Waals surface area contributed by atoms with Gasteiger partial charge in [-0.05, 0) is 29.6 Å². The predicted molar refractivity (Wildman–Crippen MR) is 85.3 cm³/mol. The Hall–Kier alpha value is -1.86. The van der Waals surface area contributed by atoms with Gasteiger partial charge in [0.15, 0.2) is 0 Å². The Morgan fingerprint density at radius 3 is 2.71 bits per heavy atom. The molecule has 1 aromatic carbocycles. The van der Waals surface area contributed by atoms with Crippen LogP contribution in [-0.2, 0) is 4.79 Å². The molecule has 1 heterocycles. The summed E-state index contributed by atoms with van der Waals surface area (Å²) in [5.41, 5.74) is 6.54. The van der Waals surface area contributed by atoms with Crippen molar-refractivity contribution in [3.63, 3.8) is 0 Å². The van der Waals surface area contributed by atoms with Crippen molar-refractivity contribution in [2.75, 3.05) is 5.73 Å². The largest absolute Gasteiger partial charge is 0.481 e. The summed E-state index contributed by atoms with van der Waals surface area (Å²) in [4.78, 5) is 24.0. The molecule has 1 amide bonds. The van der Waals surface area contributed by atoms with Crippen LogP contribution in [0.4, 0.5) is 5.69 Å². The summed E-state index contributed by atoms with van der Waals surface area (Å²) in [5.74, 6) is -1.33.